The van der Waals surface area contributed by atoms with Crippen LogP contribution >= 0.6 is 22.9 Å². The Kier molecular flexibility index (Phi) is 7.68. The quantitative estimate of drug-likeness (QED) is 0.120. The van der Waals surface area contributed by atoms with Crippen LogP contribution in [0.2, 0.25) is 5.02 Å². The van der Waals surface area contributed by atoms with Crippen molar-refractivity contribution >= 4 is 55.4 Å². The third-order valence-corrected chi connectivity index (χ3v) is 9.19. The van der Waals surface area contributed by atoms with Gasteiger partial charge in [-0.1, -0.05) is 54.1 Å². The van der Waals surface area contributed by atoms with Gasteiger partial charge in [-0.3, -0.25) is 9.99 Å². The SMILES string of the molecule is C#CCC[C@@H](Nc1c(C#N)cnc2c(Cl)cc(N[C@H](C3=CN(C4CC4)NN3)c3cccc4ncsc34)cc12)c1ccccc1. The number of nitrogens with zero attached hydrogens (tertiary/aromatic N) is 4. The summed E-state index contributed by atoms with van der Waals surface area (Å²) in [6.07, 6.45) is 13.0. The fourth-order valence-electron chi connectivity index (χ4n) is 5.66. The number of nitriles is 1. The van der Waals surface area contributed by atoms with Crippen molar-refractivity contribution in [3.8, 4) is 18.4 Å². The first-order valence-corrected chi connectivity index (χ1v) is 15.8. The number of thiazole rings is 1. The average Bonchev–Trinajstić information content (AvgIpc) is 3.57. The molecule has 7 rings (SSSR count). The molecule has 2 atom stereocenters. The summed E-state index contributed by atoms with van der Waals surface area (Å²) in [5.74, 6) is 2.75. The standard InChI is InChI=1S/C34H29ClN8S/c1-2-3-11-28(21-8-5-4-6-9-21)40-31-22(17-36)18-37-32-26(31)15-23(16-27(32)35)39-33(30-19-43(42-41-30)24-13-14-24)25-10-7-12-29-34(25)44-20-38-29/h1,4-10,12,15-16,18-20,24,28,33,39,41-42H,3,11,13-14H2,(H,37,40)/t28-,33+/m1/s1. The van der Waals surface area contributed by atoms with Crippen molar-refractivity contribution in [2.75, 3.05) is 10.6 Å². The van der Waals surface area contributed by atoms with Crippen LogP contribution in [0.5, 0.6) is 0 Å². The van der Waals surface area contributed by atoms with Gasteiger partial charge in [0.2, 0.25) is 0 Å². The number of benzene rings is 3. The molecule has 1 aliphatic heterocycles. The minimum absolute atomic E-state index is 0.107. The minimum Gasteiger partial charge on any atom is -0.377 e. The second kappa shape index (κ2) is 12.1. The Morgan fingerprint density at radius 1 is 1.11 bits per heavy atom. The molecule has 0 bridgehead atoms. The maximum Gasteiger partial charge on any atom is 0.103 e. The van der Waals surface area contributed by atoms with E-state index in [1.807, 2.05) is 48.0 Å². The van der Waals surface area contributed by atoms with Gasteiger partial charge in [0, 0.05) is 35.9 Å². The van der Waals surface area contributed by atoms with E-state index >= 15 is 0 Å². The van der Waals surface area contributed by atoms with Gasteiger partial charge in [0.1, 0.15) is 6.07 Å². The molecule has 3 heterocycles. The van der Waals surface area contributed by atoms with E-state index in [9.17, 15) is 5.26 Å². The van der Waals surface area contributed by atoms with E-state index in [0.29, 0.717) is 40.7 Å². The lowest BCUT2D eigenvalue weighted by molar-refractivity contribution is 0.260. The number of pyridine rings is 1. The molecule has 10 heteroatoms. The highest BCUT2D eigenvalue weighted by Crippen LogP contribution is 2.39. The summed E-state index contributed by atoms with van der Waals surface area (Å²) in [6.45, 7) is 0. The Bertz CT molecular complexity index is 1950. The number of hydrogen-bond acceptors (Lipinski definition) is 9. The number of nitrogens with one attached hydrogen (secondary N) is 4. The Labute approximate surface area is 264 Å². The molecule has 4 N–H and O–H groups in total. The first kappa shape index (κ1) is 28.0. The summed E-state index contributed by atoms with van der Waals surface area (Å²) in [7, 11) is 0. The van der Waals surface area contributed by atoms with E-state index in [0.717, 1.165) is 51.0 Å². The van der Waals surface area contributed by atoms with Gasteiger partial charge in [-0.15, -0.1) is 29.2 Å². The fraction of sp³-hybridized carbons (Fsp3) is 0.206. The van der Waals surface area contributed by atoms with Crippen molar-refractivity contribution in [1.82, 2.24) is 25.9 Å². The number of fused-ring (bicyclic) bond motifs is 2. The van der Waals surface area contributed by atoms with E-state index in [1.165, 1.54) is 0 Å². The van der Waals surface area contributed by atoms with Gasteiger partial charge in [-0.25, -0.2) is 4.98 Å². The monoisotopic (exact) mass is 616 g/mol. The fourth-order valence-corrected chi connectivity index (χ4v) is 6.76. The Hall–Kier alpha value is -4.80. The Balaban J connectivity index is 1.32. The maximum absolute atomic E-state index is 10.1. The third-order valence-electron chi connectivity index (χ3n) is 8.01. The number of rotatable bonds is 10. The van der Waals surface area contributed by atoms with E-state index < -0.39 is 0 Å². The number of halogens is 1. The largest absolute Gasteiger partial charge is 0.377 e. The second-order valence-electron chi connectivity index (χ2n) is 10.9. The van der Waals surface area contributed by atoms with Gasteiger partial charge in [0.25, 0.3) is 0 Å². The van der Waals surface area contributed by atoms with Crippen molar-refractivity contribution < 1.29 is 0 Å². The molecule has 218 valence electrons. The van der Waals surface area contributed by atoms with Crippen LogP contribution < -0.4 is 21.6 Å². The topological polar surface area (TPSA) is 101 Å². The lowest BCUT2D eigenvalue weighted by atomic mass is 10.00. The van der Waals surface area contributed by atoms with Gasteiger partial charge in [0.15, 0.2) is 0 Å². The van der Waals surface area contributed by atoms with Crippen LogP contribution in [-0.4, -0.2) is 21.0 Å². The zero-order valence-electron chi connectivity index (χ0n) is 23.7. The molecule has 0 amide bonds. The first-order valence-electron chi connectivity index (χ1n) is 14.5. The highest BCUT2D eigenvalue weighted by molar-refractivity contribution is 7.17. The van der Waals surface area contributed by atoms with Crippen molar-refractivity contribution in [2.24, 2.45) is 0 Å². The highest BCUT2D eigenvalue weighted by atomic mass is 35.5. The van der Waals surface area contributed by atoms with E-state index in [4.69, 9.17) is 18.0 Å². The molecular formula is C34H29ClN8S. The van der Waals surface area contributed by atoms with Gasteiger partial charge in [-0.05, 0) is 48.6 Å². The molecule has 1 fully saturated rings. The summed E-state index contributed by atoms with van der Waals surface area (Å²) >= 11 is 8.53. The molecule has 8 nitrogen and oxygen atoms in total. The second-order valence-corrected chi connectivity index (χ2v) is 12.2. The summed E-state index contributed by atoms with van der Waals surface area (Å²) in [4.78, 5) is 9.13. The molecular weight excluding hydrogens is 588 g/mol. The van der Waals surface area contributed by atoms with E-state index in [2.05, 4.69) is 73.0 Å². The summed E-state index contributed by atoms with van der Waals surface area (Å²) in [6, 6.07) is 22.7. The van der Waals surface area contributed by atoms with Crippen molar-refractivity contribution in [3.05, 3.63) is 106 Å². The van der Waals surface area contributed by atoms with Gasteiger partial charge in [-0.2, -0.15) is 5.26 Å². The zero-order valence-corrected chi connectivity index (χ0v) is 25.3. The van der Waals surface area contributed by atoms with Crippen LogP contribution in [-0.2, 0) is 0 Å². The summed E-state index contributed by atoms with van der Waals surface area (Å²) in [5.41, 5.74) is 15.2. The molecule has 0 saturated heterocycles. The molecule has 2 aliphatic rings. The number of hydrazine groups is 2. The van der Waals surface area contributed by atoms with Crippen LogP contribution in [0, 0.1) is 23.7 Å². The van der Waals surface area contributed by atoms with Crippen LogP contribution in [0.3, 0.4) is 0 Å². The third kappa shape index (κ3) is 5.49. The number of terminal acetylenes is 1. The zero-order chi connectivity index (χ0) is 30.0. The molecule has 0 radical (unpaired) electrons. The van der Waals surface area contributed by atoms with Gasteiger partial charge >= 0.3 is 0 Å². The molecule has 0 spiro atoms. The maximum atomic E-state index is 10.1. The van der Waals surface area contributed by atoms with Crippen molar-refractivity contribution in [2.45, 2.75) is 43.8 Å². The van der Waals surface area contributed by atoms with Crippen molar-refractivity contribution in [3.63, 3.8) is 0 Å². The minimum atomic E-state index is -0.236. The predicted molar refractivity (Wildman–Crippen MR) is 178 cm³/mol. The Morgan fingerprint density at radius 3 is 2.77 bits per heavy atom. The van der Waals surface area contributed by atoms with Crippen molar-refractivity contribution in [1.29, 1.82) is 5.26 Å². The Morgan fingerprint density at radius 2 is 1.98 bits per heavy atom. The van der Waals surface area contributed by atoms with Crippen LogP contribution in [0.1, 0.15) is 54.5 Å². The van der Waals surface area contributed by atoms with E-state index in [-0.39, 0.29) is 12.1 Å². The predicted octanol–water partition coefficient (Wildman–Crippen LogP) is 7.42. The molecule has 2 aromatic heterocycles. The number of aromatic nitrogens is 2. The van der Waals surface area contributed by atoms with Crippen LogP contribution in [0.4, 0.5) is 11.4 Å². The average molecular weight is 617 g/mol. The van der Waals surface area contributed by atoms with Crippen LogP contribution in [0.15, 0.2) is 84.3 Å². The molecule has 3 aromatic carbocycles. The highest BCUT2D eigenvalue weighted by Gasteiger charge is 2.33. The summed E-state index contributed by atoms with van der Waals surface area (Å²) in [5, 5.41) is 20.9. The first-order chi connectivity index (χ1) is 21.6. The lowest BCUT2D eigenvalue weighted by Gasteiger charge is -2.24. The number of anilines is 2. The van der Waals surface area contributed by atoms with Crippen LogP contribution in [0.25, 0.3) is 21.1 Å². The van der Waals surface area contributed by atoms with E-state index in [1.54, 1.807) is 17.5 Å². The molecule has 44 heavy (non-hydrogen) atoms. The smallest absolute Gasteiger partial charge is 0.103 e. The summed E-state index contributed by atoms with van der Waals surface area (Å²) < 4.78 is 1.11. The molecule has 5 aromatic rings. The van der Waals surface area contributed by atoms with Gasteiger partial charge < -0.3 is 16.1 Å². The normalized spacial score (nSPS) is 15.7. The molecule has 1 saturated carbocycles. The lowest BCUT2D eigenvalue weighted by Crippen LogP contribution is -2.38. The number of hydrogen-bond donors (Lipinski definition) is 4. The molecule has 0 unspecified atom stereocenters. The molecule has 1 aliphatic carbocycles. The van der Waals surface area contributed by atoms with Gasteiger partial charge in [0.05, 0.1) is 55.3 Å².